The van der Waals surface area contributed by atoms with E-state index in [1.54, 1.807) is 6.92 Å². The molecule has 1 heterocycles. The highest BCUT2D eigenvalue weighted by Crippen LogP contribution is 2.19. The van der Waals surface area contributed by atoms with Crippen LogP contribution in [0.1, 0.15) is 6.92 Å². The van der Waals surface area contributed by atoms with Gasteiger partial charge in [0.25, 0.3) is 0 Å². The number of ether oxygens (including phenoxy) is 1. The molecule has 0 spiro atoms. The average molecular weight is 162 g/mol. The van der Waals surface area contributed by atoms with Crippen molar-refractivity contribution in [2.24, 2.45) is 5.92 Å². The first kappa shape index (κ1) is 8.93. The van der Waals surface area contributed by atoms with Gasteiger partial charge in [0.15, 0.2) is 0 Å². The van der Waals surface area contributed by atoms with E-state index in [-0.39, 0.29) is 12.5 Å². The summed E-state index contributed by atoms with van der Waals surface area (Å²) in [6.45, 7) is 1.94. The summed E-state index contributed by atoms with van der Waals surface area (Å²) in [5, 5.41) is 27.2. The molecule has 0 saturated carbocycles. The van der Waals surface area contributed by atoms with Crippen molar-refractivity contribution in [3.8, 4) is 0 Å². The second-order valence-electron chi connectivity index (χ2n) is 3.01. The normalized spacial score (nSPS) is 45.8. The van der Waals surface area contributed by atoms with Crippen molar-refractivity contribution in [1.82, 2.24) is 0 Å². The minimum Gasteiger partial charge on any atom is -0.394 e. The van der Waals surface area contributed by atoms with E-state index in [2.05, 4.69) is 0 Å². The lowest BCUT2D eigenvalue weighted by atomic mass is 9.94. The molecular weight excluding hydrogens is 148 g/mol. The molecule has 0 aliphatic carbocycles. The molecule has 1 saturated heterocycles. The maximum Gasteiger partial charge on any atom is 0.109 e. The molecule has 0 bridgehead atoms. The second-order valence-corrected chi connectivity index (χ2v) is 3.01. The zero-order valence-electron chi connectivity index (χ0n) is 6.47. The van der Waals surface area contributed by atoms with Crippen molar-refractivity contribution in [3.05, 3.63) is 0 Å². The van der Waals surface area contributed by atoms with E-state index >= 15 is 0 Å². The fourth-order valence-corrected chi connectivity index (χ4v) is 1.19. The van der Waals surface area contributed by atoms with E-state index in [0.717, 1.165) is 0 Å². The van der Waals surface area contributed by atoms with Crippen molar-refractivity contribution in [1.29, 1.82) is 0 Å². The maximum atomic E-state index is 9.31. The van der Waals surface area contributed by atoms with Gasteiger partial charge in [0, 0.05) is 5.92 Å². The molecule has 3 N–H and O–H groups in total. The third kappa shape index (κ3) is 1.70. The number of rotatable bonds is 1. The zero-order valence-corrected chi connectivity index (χ0v) is 6.47. The monoisotopic (exact) mass is 162 g/mol. The van der Waals surface area contributed by atoms with E-state index in [4.69, 9.17) is 9.84 Å². The molecule has 1 rings (SSSR count). The molecular formula is C7H14O4. The highest BCUT2D eigenvalue weighted by molar-refractivity contribution is 4.84. The van der Waals surface area contributed by atoms with Gasteiger partial charge in [-0.15, -0.1) is 0 Å². The summed E-state index contributed by atoms with van der Waals surface area (Å²) in [4.78, 5) is 0. The summed E-state index contributed by atoms with van der Waals surface area (Å²) in [5.74, 6) is -0.0622. The second kappa shape index (κ2) is 3.49. The molecule has 1 aliphatic rings. The molecule has 0 aromatic carbocycles. The Labute approximate surface area is 65.4 Å². The smallest absolute Gasteiger partial charge is 0.109 e. The van der Waals surface area contributed by atoms with Crippen LogP contribution < -0.4 is 0 Å². The molecule has 0 aromatic rings. The molecule has 4 nitrogen and oxygen atoms in total. The van der Waals surface area contributed by atoms with Crippen molar-refractivity contribution < 1.29 is 20.1 Å². The summed E-state index contributed by atoms with van der Waals surface area (Å²) >= 11 is 0. The Morgan fingerprint density at radius 3 is 2.55 bits per heavy atom. The molecule has 0 aromatic heterocycles. The van der Waals surface area contributed by atoms with Crippen molar-refractivity contribution >= 4 is 0 Å². The van der Waals surface area contributed by atoms with Gasteiger partial charge in [0.2, 0.25) is 0 Å². The maximum absolute atomic E-state index is 9.31. The lowest BCUT2D eigenvalue weighted by molar-refractivity contribution is -0.170. The minimum atomic E-state index is -0.955. The number of aliphatic hydroxyl groups is 3. The van der Waals surface area contributed by atoms with Gasteiger partial charge >= 0.3 is 0 Å². The first-order valence-corrected chi connectivity index (χ1v) is 3.75. The molecule has 4 atom stereocenters. The molecule has 11 heavy (non-hydrogen) atoms. The SMILES string of the molecule is C[C@@H]1CO[C@H](CO)[C@H](O)[C@@H]1O. The van der Waals surface area contributed by atoms with E-state index in [1.807, 2.05) is 0 Å². The molecule has 4 heteroatoms. The van der Waals surface area contributed by atoms with Crippen LogP contribution in [0.3, 0.4) is 0 Å². The quantitative estimate of drug-likeness (QED) is 0.450. The number of aliphatic hydroxyl groups excluding tert-OH is 3. The van der Waals surface area contributed by atoms with Gasteiger partial charge in [-0.2, -0.15) is 0 Å². The van der Waals surface area contributed by atoms with E-state index in [9.17, 15) is 10.2 Å². The Morgan fingerprint density at radius 1 is 1.36 bits per heavy atom. The van der Waals surface area contributed by atoms with Gasteiger partial charge in [0.05, 0.1) is 19.3 Å². The van der Waals surface area contributed by atoms with Crippen LogP contribution in [-0.2, 0) is 4.74 Å². The van der Waals surface area contributed by atoms with Crippen LogP contribution in [0.5, 0.6) is 0 Å². The minimum absolute atomic E-state index is 0.0622. The fraction of sp³-hybridized carbons (Fsp3) is 1.00. The predicted molar refractivity (Wildman–Crippen MR) is 38.0 cm³/mol. The van der Waals surface area contributed by atoms with Crippen LogP contribution >= 0.6 is 0 Å². The molecule has 0 unspecified atom stereocenters. The van der Waals surface area contributed by atoms with Crippen molar-refractivity contribution in [2.75, 3.05) is 13.2 Å². The highest BCUT2D eigenvalue weighted by atomic mass is 16.5. The molecule has 0 radical (unpaired) electrons. The molecule has 1 aliphatic heterocycles. The largest absolute Gasteiger partial charge is 0.394 e. The average Bonchev–Trinajstić information content (AvgIpc) is 2.01. The molecule has 1 fully saturated rings. The summed E-state index contributed by atoms with van der Waals surface area (Å²) in [6, 6.07) is 0. The van der Waals surface area contributed by atoms with Gasteiger partial charge < -0.3 is 20.1 Å². The van der Waals surface area contributed by atoms with Crippen LogP contribution in [-0.4, -0.2) is 46.8 Å². The van der Waals surface area contributed by atoms with Gasteiger partial charge in [-0.1, -0.05) is 6.92 Å². The standard InChI is InChI=1S/C7H14O4/c1-4-3-11-5(2-8)7(10)6(4)9/h4-10H,2-3H2,1H3/t4-,5-,6-,7+/m1/s1. The van der Waals surface area contributed by atoms with Gasteiger partial charge in [0.1, 0.15) is 12.2 Å². The van der Waals surface area contributed by atoms with E-state index in [0.29, 0.717) is 6.61 Å². The Bertz CT molecular complexity index is 126. The van der Waals surface area contributed by atoms with Crippen LogP contribution in [0.2, 0.25) is 0 Å². The first-order chi connectivity index (χ1) is 5.16. The van der Waals surface area contributed by atoms with E-state index in [1.165, 1.54) is 0 Å². The van der Waals surface area contributed by atoms with Crippen LogP contribution in [0, 0.1) is 5.92 Å². The zero-order chi connectivity index (χ0) is 8.43. The van der Waals surface area contributed by atoms with Gasteiger partial charge in [-0.3, -0.25) is 0 Å². The third-order valence-electron chi connectivity index (χ3n) is 2.07. The number of hydrogen-bond acceptors (Lipinski definition) is 4. The summed E-state index contributed by atoms with van der Waals surface area (Å²) in [7, 11) is 0. The summed E-state index contributed by atoms with van der Waals surface area (Å²) in [6.07, 6.45) is -2.36. The highest BCUT2D eigenvalue weighted by Gasteiger charge is 2.35. The lowest BCUT2D eigenvalue weighted by Gasteiger charge is -2.35. The van der Waals surface area contributed by atoms with Gasteiger partial charge in [-0.25, -0.2) is 0 Å². The summed E-state index contributed by atoms with van der Waals surface area (Å²) in [5.41, 5.74) is 0. The van der Waals surface area contributed by atoms with Crippen molar-refractivity contribution in [2.45, 2.75) is 25.2 Å². The Kier molecular flexibility index (Phi) is 2.84. The number of hydrogen-bond donors (Lipinski definition) is 3. The van der Waals surface area contributed by atoms with Crippen molar-refractivity contribution in [3.63, 3.8) is 0 Å². The Morgan fingerprint density at radius 2 is 2.00 bits per heavy atom. The molecule has 66 valence electrons. The fourth-order valence-electron chi connectivity index (χ4n) is 1.19. The third-order valence-corrected chi connectivity index (χ3v) is 2.07. The lowest BCUT2D eigenvalue weighted by Crippen LogP contribution is -2.50. The van der Waals surface area contributed by atoms with Gasteiger partial charge in [-0.05, 0) is 0 Å². The van der Waals surface area contributed by atoms with E-state index < -0.39 is 18.3 Å². The van der Waals surface area contributed by atoms with Crippen LogP contribution in [0.15, 0.2) is 0 Å². The molecule has 0 amide bonds. The van der Waals surface area contributed by atoms with Crippen LogP contribution in [0.4, 0.5) is 0 Å². The topological polar surface area (TPSA) is 69.9 Å². The first-order valence-electron chi connectivity index (χ1n) is 3.75. The predicted octanol–water partition coefficient (Wildman–Crippen LogP) is -1.26. The Balaban J connectivity index is 2.52. The summed E-state index contributed by atoms with van der Waals surface area (Å²) < 4.78 is 5.06. The van der Waals surface area contributed by atoms with Crippen LogP contribution in [0.25, 0.3) is 0 Å². The Hall–Kier alpha value is -0.160.